The summed E-state index contributed by atoms with van der Waals surface area (Å²) < 4.78 is 34.0. The van der Waals surface area contributed by atoms with Crippen LogP contribution in [0.25, 0.3) is 17.2 Å². The number of halogens is 2. The summed E-state index contributed by atoms with van der Waals surface area (Å²) >= 11 is 0. The molecule has 0 aromatic carbocycles. The van der Waals surface area contributed by atoms with Gasteiger partial charge in [-0.25, -0.2) is 15.0 Å². The Morgan fingerprint density at radius 3 is 2.82 bits per heavy atom. The molecule has 0 radical (unpaired) electrons. The van der Waals surface area contributed by atoms with Crippen LogP contribution in [0.1, 0.15) is 42.3 Å². The SMILES string of the molecule is Cc1cc(N2CCC[C@@H](c3nc4c(C)c(-c5ncco5)nc(N)n4n3)C2)cn(C(F)F)c1=O. The van der Waals surface area contributed by atoms with Crippen LogP contribution in [0.2, 0.25) is 0 Å². The van der Waals surface area contributed by atoms with Crippen molar-refractivity contribution in [3.8, 4) is 11.6 Å². The zero-order valence-corrected chi connectivity index (χ0v) is 18.1. The fourth-order valence-electron chi connectivity index (χ4n) is 4.27. The standard InChI is InChI=1S/C21H22F2N8O2/c1-11-8-14(10-30(19(11)32)20(22)23)29-6-3-4-13(9-29)16-27-17-12(2)15(18-25-5-7-33-18)26-21(24)31(17)28-16/h5,7-8,10,13,20H,3-4,6,9H2,1-2H3,(H2,24,26)/t13-/m1/s1. The minimum absolute atomic E-state index is 0.0464. The van der Waals surface area contributed by atoms with Gasteiger partial charge in [-0.1, -0.05) is 0 Å². The van der Waals surface area contributed by atoms with Crippen molar-refractivity contribution >= 4 is 17.3 Å². The van der Waals surface area contributed by atoms with E-state index in [1.807, 2.05) is 11.8 Å². The Morgan fingerprint density at radius 2 is 2.09 bits per heavy atom. The zero-order chi connectivity index (χ0) is 23.3. The Kier molecular flexibility index (Phi) is 5.06. The molecule has 1 aliphatic rings. The van der Waals surface area contributed by atoms with Crippen molar-refractivity contribution < 1.29 is 13.2 Å². The van der Waals surface area contributed by atoms with E-state index >= 15 is 0 Å². The largest absolute Gasteiger partial charge is 0.443 e. The van der Waals surface area contributed by atoms with E-state index in [4.69, 9.17) is 15.1 Å². The number of pyridine rings is 1. The molecule has 1 fully saturated rings. The van der Waals surface area contributed by atoms with Gasteiger partial charge in [-0.05, 0) is 32.8 Å². The summed E-state index contributed by atoms with van der Waals surface area (Å²) in [5, 5.41) is 4.59. The van der Waals surface area contributed by atoms with Crippen LogP contribution in [0.3, 0.4) is 0 Å². The molecule has 5 heterocycles. The maximum atomic E-state index is 13.3. The number of nitrogens with two attached hydrogens (primary N) is 1. The first-order valence-corrected chi connectivity index (χ1v) is 10.5. The van der Waals surface area contributed by atoms with Gasteiger partial charge < -0.3 is 15.1 Å². The summed E-state index contributed by atoms with van der Waals surface area (Å²) in [6, 6.07) is 1.65. The van der Waals surface area contributed by atoms with Gasteiger partial charge in [0.15, 0.2) is 11.5 Å². The van der Waals surface area contributed by atoms with Gasteiger partial charge in [-0.3, -0.25) is 9.36 Å². The first kappa shape index (κ1) is 21.0. The number of hydrogen-bond donors (Lipinski definition) is 1. The molecule has 1 saturated heterocycles. The van der Waals surface area contributed by atoms with Gasteiger partial charge in [-0.2, -0.15) is 13.3 Å². The number of alkyl halides is 2. The first-order chi connectivity index (χ1) is 15.8. The second-order valence-electron chi connectivity index (χ2n) is 8.14. The van der Waals surface area contributed by atoms with E-state index in [1.54, 1.807) is 13.0 Å². The van der Waals surface area contributed by atoms with E-state index in [0.717, 1.165) is 18.4 Å². The molecular weight excluding hydrogens is 434 g/mol. The van der Waals surface area contributed by atoms with Crippen LogP contribution >= 0.6 is 0 Å². The molecule has 0 amide bonds. The number of hydrogen-bond acceptors (Lipinski definition) is 8. The Labute approximate surface area is 186 Å². The predicted octanol–water partition coefficient (Wildman–Crippen LogP) is 2.92. The number of fused-ring (bicyclic) bond motifs is 1. The number of aromatic nitrogens is 6. The fraction of sp³-hybridized carbons (Fsp3) is 0.381. The highest BCUT2D eigenvalue weighted by molar-refractivity contribution is 5.65. The minimum atomic E-state index is -2.90. The molecular formula is C21H22F2N8O2. The van der Waals surface area contributed by atoms with Gasteiger partial charge in [-0.15, -0.1) is 5.10 Å². The van der Waals surface area contributed by atoms with Gasteiger partial charge >= 0.3 is 6.55 Å². The summed E-state index contributed by atoms with van der Waals surface area (Å²) in [6.07, 6.45) is 5.86. The molecule has 0 aliphatic carbocycles. The second-order valence-corrected chi connectivity index (χ2v) is 8.14. The Balaban J connectivity index is 1.49. The van der Waals surface area contributed by atoms with Crippen molar-refractivity contribution in [3.63, 3.8) is 0 Å². The van der Waals surface area contributed by atoms with Gasteiger partial charge in [0, 0.05) is 36.3 Å². The maximum absolute atomic E-state index is 13.3. The van der Waals surface area contributed by atoms with Crippen LogP contribution in [0, 0.1) is 13.8 Å². The molecule has 1 atom stereocenters. The van der Waals surface area contributed by atoms with E-state index in [-0.39, 0.29) is 17.4 Å². The van der Waals surface area contributed by atoms with Crippen molar-refractivity contribution in [2.24, 2.45) is 0 Å². The number of aryl methyl sites for hydroxylation is 2. The molecule has 4 aromatic heterocycles. The average Bonchev–Trinajstić information content (AvgIpc) is 3.49. The van der Waals surface area contributed by atoms with Crippen LogP contribution in [-0.2, 0) is 0 Å². The van der Waals surface area contributed by atoms with Crippen molar-refractivity contribution in [2.45, 2.75) is 39.2 Å². The monoisotopic (exact) mass is 456 g/mol. The zero-order valence-electron chi connectivity index (χ0n) is 18.1. The topological polar surface area (TPSA) is 120 Å². The molecule has 12 heteroatoms. The van der Waals surface area contributed by atoms with Crippen LogP contribution < -0.4 is 16.2 Å². The Bertz CT molecular complexity index is 1380. The summed E-state index contributed by atoms with van der Waals surface area (Å²) in [5.74, 6) is 1.06. The summed E-state index contributed by atoms with van der Waals surface area (Å²) in [4.78, 5) is 27.3. The van der Waals surface area contributed by atoms with Crippen LogP contribution in [0.15, 0.2) is 33.9 Å². The van der Waals surface area contributed by atoms with Crippen LogP contribution in [0.5, 0.6) is 0 Å². The molecule has 0 spiro atoms. The minimum Gasteiger partial charge on any atom is -0.443 e. The quantitative estimate of drug-likeness (QED) is 0.498. The first-order valence-electron chi connectivity index (χ1n) is 10.5. The number of nitrogen functional groups attached to an aromatic ring is 1. The Morgan fingerprint density at radius 1 is 1.27 bits per heavy atom. The number of anilines is 2. The lowest BCUT2D eigenvalue weighted by Crippen LogP contribution is -2.36. The third-order valence-electron chi connectivity index (χ3n) is 5.96. The molecule has 10 nitrogen and oxygen atoms in total. The molecule has 0 unspecified atom stereocenters. The number of oxazole rings is 1. The fourth-order valence-corrected chi connectivity index (χ4v) is 4.27. The van der Waals surface area contributed by atoms with Crippen molar-refractivity contribution in [1.82, 2.24) is 29.1 Å². The highest BCUT2D eigenvalue weighted by atomic mass is 19.3. The Hall–Kier alpha value is -3.83. The van der Waals surface area contributed by atoms with E-state index in [0.29, 0.717) is 46.4 Å². The predicted molar refractivity (Wildman–Crippen MR) is 116 cm³/mol. The molecule has 4 aromatic rings. The lowest BCUT2D eigenvalue weighted by Gasteiger charge is -2.33. The lowest BCUT2D eigenvalue weighted by atomic mass is 9.97. The number of nitrogens with zero attached hydrogens (tertiary/aromatic N) is 7. The molecule has 0 saturated carbocycles. The summed E-state index contributed by atoms with van der Waals surface area (Å²) in [7, 11) is 0. The normalized spacial score (nSPS) is 16.8. The van der Waals surface area contributed by atoms with Crippen LogP contribution in [0.4, 0.5) is 20.4 Å². The number of rotatable bonds is 4. The third-order valence-corrected chi connectivity index (χ3v) is 5.96. The van der Waals surface area contributed by atoms with Gasteiger partial charge in [0.05, 0.1) is 11.9 Å². The molecule has 5 rings (SSSR count). The number of piperidine rings is 1. The van der Waals surface area contributed by atoms with Gasteiger partial charge in [0.25, 0.3) is 5.56 Å². The van der Waals surface area contributed by atoms with Crippen molar-refractivity contribution in [1.29, 1.82) is 0 Å². The van der Waals surface area contributed by atoms with Crippen molar-refractivity contribution in [3.05, 3.63) is 52.0 Å². The molecule has 172 valence electrons. The molecule has 2 N–H and O–H groups in total. The van der Waals surface area contributed by atoms with E-state index in [9.17, 15) is 13.6 Å². The van der Waals surface area contributed by atoms with E-state index in [1.165, 1.54) is 23.2 Å². The molecule has 33 heavy (non-hydrogen) atoms. The second kappa shape index (κ2) is 7.94. The summed E-state index contributed by atoms with van der Waals surface area (Å²) in [6.45, 7) is 1.70. The van der Waals surface area contributed by atoms with Crippen molar-refractivity contribution in [2.75, 3.05) is 23.7 Å². The summed E-state index contributed by atoms with van der Waals surface area (Å²) in [5.41, 5.74) is 8.08. The molecule has 1 aliphatic heterocycles. The van der Waals surface area contributed by atoms with E-state index in [2.05, 4.69) is 15.1 Å². The highest BCUT2D eigenvalue weighted by Gasteiger charge is 2.27. The highest BCUT2D eigenvalue weighted by Crippen LogP contribution is 2.31. The lowest BCUT2D eigenvalue weighted by molar-refractivity contribution is 0.0662. The third kappa shape index (κ3) is 3.60. The molecule has 0 bridgehead atoms. The maximum Gasteiger partial charge on any atom is 0.321 e. The van der Waals surface area contributed by atoms with Gasteiger partial charge in [0.2, 0.25) is 11.8 Å². The van der Waals surface area contributed by atoms with E-state index < -0.39 is 12.1 Å². The smallest absolute Gasteiger partial charge is 0.321 e. The van der Waals surface area contributed by atoms with Gasteiger partial charge in [0.1, 0.15) is 12.0 Å². The van der Waals surface area contributed by atoms with Crippen LogP contribution in [-0.4, -0.2) is 42.2 Å². The average molecular weight is 456 g/mol.